The maximum atomic E-state index is 12.4. The van der Waals surface area contributed by atoms with E-state index < -0.39 is 10.0 Å². The Bertz CT molecular complexity index is 1110. The van der Waals surface area contributed by atoms with Crippen LogP contribution in [0.3, 0.4) is 0 Å². The molecule has 27 heavy (non-hydrogen) atoms. The maximum Gasteiger partial charge on any atom is 0.240 e. The van der Waals surface area contributed by atoms with Crippen molar-refractivity contribution in [3.8, 4) is 0 Å². The average Bonchev–Trinajstić information content (AvgIpc) is 3.45. The molecule has 0 saturated heterocycles. The summed E-state index contributed by atoms with van der Waals surface area (Å²) in [5.74, 6) is -0.185. The highest BCUT2D eigenvalue weighted by atomic mass is 32.2. The molecule has 1 fully saturated rings. The fraction of sp³-hybridized carbons (Fsp3) is 0.190. The Morgan fingerprint density at radius 1 is 0.926 bits per heavy atom. The first-order chi connectivity index (χ1) is 13.0. The lowest BCUT2D eigenvalue weighted by Crippen LogP contribution is -2.25. The molecule has 3 aromatic rings. The first-order valence-corrected chi connectivity index (χ1v) is 10.4. The molecule has 138 valence electrons. The minimum atomic E-state index is -3.54. The molecule has 1 aliphatic rings. The molecule has 3 aromatic carbocycles. The molecule has 2 N–H and O–H groups in total. The van der Waals surface area contributed by atoms with Gasteiger partial charge in [-0.05, 0) is 47.4 Å². The number of anilines is 1. The molecule has 0 heterocycles. The lowest BCUT2D eigenvalue weighted by Gasteiger charge is -2.09. The fourth-order valence-corrected chi connectivity index (χ4v) is 4.32. The molecule has 0 bridgehead atoms. The van der Waals surface area contributed by atoms with E-state index in [9.17, 15) is 13.2 Å². The third-order valence-electron chi connectivity index (χ3n) is 4.51. The number of carbonyl (C=O) groups is 1. The molecule has 0 aliphatic heterocycles. The van der Waals surface area contributed by atoms with Gasteiger partial charge in [-0.3, -0.25) is 4.79 Å². The van der Waals surface area contributed by atoms with E-state index >= 15 is 0 Å². The molecule has 0 atom stereocenters. The summed E-state index contributed by atoms with van der Waals surface area (Å²) < 4.78 is 27.3. The van der Waals surface area contributed by atoms with Crippen molar-refractivity contribution in [1.29, 1.82) is 0 Å². The van der Waals surface area contributed by atoms with Crippen molar-refractivity contribution in [2.24, 2.45) is 0 Å². The van der Waals surface area contributed by atoms with Gasteiger partial charge in [0, 0.05) is 11.7 Å². The average molecular weight is 380 g/mol. The molecule has 0 aromatic heterocycles. The SMILES string of the molecule is O=C(Cc1ccc2ccccc2c1)Nc1cccc(S(=O)(=O)NC2CC2)c1. The summed E-state index contributed by atoms with van der Waals surface area (Å²) in [5, 5.41) is 5.00. The van der Waals surface area contributed by atoms with Gasteiger partial charge in [0.25, 0.3) is 0 Å². The topological polar surface area (TPSA) is 75.3 Å². The zero-order valence-electron chi connectivity index (χ0n) is 14.7. The summed E-state index contributed by atoms with van der Waals surface area (Å²) in [6.45, 7) is 0. The summed E-state index contributed by atoms with van der Waals surface area (Å²) in [6, 6.07) is 20.3. The summed E-state index contributed by atoms with van der Waals surface area (Å²) in [5.41, 5.74) is 1.38. The van der Waals surface area contributed by atoms with Gasteiger partial charge < -0.3 is 5.32 Å². The molecule has 0 spiro atoms. The lowest BCUT2D eigenvalue weighted by atomic mass is 10.0. The molecular weight excluding hydrogens is 360 g/mol. The number of sulfonamides is 1. The zero-order valence-corrected chi connectivity index (χ0v) is 15.5. The maximum absolute atomic E-state index is 12.4. The van der Waals surface area contributed by atoms with Crippen LogP contribution >= 0.6 is 0 Å². The Hall–Kier alpha value is -2.70. The highest BCUT2D eigenvalue weighted by Gasteiger charge is 2.28. The highest BCUT2D eigenvalue weighted by Crippen LogP contribution is 2.23. The number of hydrogen-bond acceptors (Lipinski definition) is 3. The second-order valence-electron chi connectivity index (χ2n) is 6.83. The molecule has 5 nitrogen and oxygen atoms in total. The Morgan fingerprint density at radius 2 is 1.70 bits per heavy atom. The van der Waals surface area contributed by atoms with Crippen molar-refractivity contribution < 1.29 is 13.2 Å². The smallest absolute Gasteiger partial charge is 0.240 e. The number of amides is 1. The van der Waals surface area contributed by atoms with E-state index in [1.165, 1.54) is 12.1 Å². The van der Waals surface area contributed by atoms with Gasteiger partial charge in [-0.25, -0.2) is 13.1 Å². The van der Waals surface area contributed by atoms with Crippen molar-refractivity contribution in [2.75, 3.05) is 5.32 Å². The number of rotatable bonds is 6. The highest BCUT2D eigenvalue weighted by molar-refractivity contribution is 7.89. The summed E-state index contributed by atoms with van der Waals surface area (Å²) >= 11 is 0. The van der Waals surface area contributed by atoms with Crippen LogP contribution in [0.2, 0.25) is 0 Å². The largest absolute Gasteiger partial charge is 0.326 e. The molecule has 1 aliphatic carbocycles. The van der Waals surface area contributed by atoms with E-state index in [-0.39, 0.29) is 23.3 Å². The monoisotopic (exact) mass is 380 g/mol. The molecule has 6 heteroatoms. The summed E-state index contributed by atoms with van der Waals surface area (Å²) in [6.07, 6.45) is 1.98. The van der Waals surface area contributed by atoms with Gasteiger partial charge in [0.05, 0.1) is 11.3 Å². The van der Waals surface area contributed by atoms with Crippen LogP contribution in [0.1, 0.15) is 18.4 Å². The van der Waals surface area contributed by atoms with Crippen molar-refractivity contribution in [2.45, 2.75) is 30.2 Å². The molecule has 1 saturated carbocycles. The Balaban J connectivity index is 1.46. The van der Waals surface area contributed by atoms with Crippen LogP contribution in [0.5, 0.6) is 0 Å². The number of nitrogens with one attached hydrogen (secondary N) is 2. The van der Waals surface area contributed by atoms with Crippen molar-refractivity contribution in [3.63, 3.8) is 0 Å². The van der Waals surface area contributed by atoms with E-state index in [0.717, 1.165) is 29.2 Å². The first kappa shape index (κ1) is 17.7. The first-order valence-electron chi connectivity index (χ1n) is 8.89. The van der Waals surface area contributed by atoms with Crippen LogP contribution in [0.25, 0.3) is 10.8 Å². The van der Waals surface area contributed by atoms with Crippen molar-refractivity contribution in [1.82, 2.24) is 4.72 Å². The minimum Gasteiger partial charge on any atom is -0.326 e. The van der Waals surface area contributed by atoms with Crippen LogP contribution < -0.4 is 10.0 Å². The predicted octanol–water partition coefficient (Wildman–Crippen LogP) is 3.46. The van der Waals surface area contributed by atoms with Crippen LogP contribution in [-0.4, -0.2) is 20.4 Å². The normalized spacial score (nSPS) is 14.2. The Morgan fingerprint density at radius 3 is 2.48 bits per heavy atom. The van der Waals surface area contributed by atoms with Gasteiger partial charge in [-0.2, -0.15) is 0 Å². The van der Waals surface area contributed by atoms with Gasteiger partial charge in [0.1, 0.15) is 0 Å². The van der Waals surface area contributed by atoms with Crippen molar-refractivity contribution >= 4 is 32.4 Å². The molecule has 0 radical (unpaired) electrons. The van der Waals surface area contributed by atoms with Crippen LogP contribution in [0, 0.1) is 0 Å². The van der Waals surface area contributed by atoms with Crippen LogP contribution in [0.15, 0.2) is 71.6 Å². The second kappa shape index (κ2) is 7.13. The molecular formula is C21H20N2O3S. The summed E-state index contributed by atoms with van der Waals surface area (Å²) in [4.78, 5) is 12.6. The Kier molecular flexibility index (Phi) is 4.68. The van der Waals surface area contributed by atoms with E-state index in [1.54, 1.807) is 12.1 Å². The number of benzene rings is 3. The standard InChI is InChI=1S/C21H20N2O3S/c24-21(13-15-8-9-16-4-1-2-5-17(16)12-15)22-19-6-3-7-20(14-19)27(25,26)23-18-10-11-18/h1-9,12,14,18,23H,10-11,13H2,(H,22,24). The van der Waals surface area contributed by atoms with Gasteiger partial charge in [-0.1, -0.05) is 48.5 Å². The summed E-state index contributed by atoms with van der Waals surface area (Å²) in [7, 11) is -3.54. The van der Waals surface area contributed by atoms with Crippen molar-refractivity contribution in [3.05, 3.63) is 72.3 Å². The number of carbonyl (C=O) groups excluding carboxylic acids is 1. The van der Waals surface area contributed by atoms with Gasteiger partial charge >= 0.3 is 0 Å². The molecule has 1 amide bonds. The Labute approximate surface area is 158 Å². The van der Waals surface area contributed by atoms with E-state index in [2.05, 4.69) is 10.0 Å². The lowest BCUT2D eigenvalue weighted by molar-refractivity contribution is -0.115. The minimum absolute atomic E-state index is 0.0427. The van der Waals surface area contributed by atoms with Crippen LogP contribution in [-0.2, 0) is 21.2 Å². The fourth-order valence-electron chi connectivity index (χ4n) is 2.97. The molecule has 0 unspecified atom stereocenters. The van der Waals surface area contributed by atoms with Crippen LogP contribution in [0.4, 0.5) is 5.69 Å². The third-order valence-corrected chi connectivity index (χ3v) is 6.02. The van der Waals surface area contributed by atoms with Gasteiger partial charge in [-0.15, -0.1) is 0 Å². The van der Waals surface area contributed by atoms with E-state index in [4.69, 9.17) is 0 Å². The molecule has 4 rings (SSSR count). The van der Waals surface area contributed by atoms with Gasteiger partial charge in [0.2, 0.25) is 15.9 Å². The van der Waals surface area contributed by atoms with E-state index in [1.807, 2.05) is 42.5 Å². The van der Waals surface area contributed by atoms with Gasteiger partial charge in [0.15, 0.2) is 0 Å². The van der Waals surface area contributed by atoms with E-state index in [0.29, 0.717) is 5.69 Å². The quantitative estimate of drug-likeness (QED) is 0.688. The third kappa shape index (κ3) is 4.35. The number of hydrogen-bond donors (Lipinski definition) is 2. The second-order valence-corrected chi connectivity index (χ2v) is 8.54. The zero-order chi connectivity index (χ0) is 18.9. The number of fused-ring (bicyclic) bond motifs is 1. The predicted molar refractivity (Wildman–Crippen MR) is 106 cm³/mol.